The molecule has 0 atom stereocenters. The lowest BCUT2D eigenvalue weighted by Gasteiger charge is -1.99. The number of hydrogen-bond donors (Lipinski definition) is 0. The second-order valence-electron chi connectivity index (χ2n) is 4.48. The van der Waals surface area contributed by atoms with Crippen molar-refractivity contribution in [2.75, 3.05) is 0 Å². The number of nitrogens with zero attached hydrogens (tertiary/aromatic N) is 2. The van der Waals surface area contributed by atoms with Crippen molar-refractivity contribution in [3.63, 3.8) is 0 Å². The molecule has 2 aromatic heterocycles. The van der Waals surface area contributed by atoms with Gasteiger partial charge in [0.25, 0.3) is 5.69 Å². The number of furan rings is 1. The van der Waals surface area contributed by atoms with E-state index < -0.39 is 4.92 Å². The van der Waals surface area contributed by atoms with Crippen LogP contribution in [0, 0.1) is 17.0 Å². The van der Waals surface area contributed by atoms with Crippen molar-refractivity contribution in [1.82, 2.24) is 4.98 Å². The van der Waals surface area contributed by atoms with E-state index in [9.17, 15) is 10.1 Å². The maximum atomic E-state index is 10.9. The highest BCUT2D eigenvalue weighted by Gasteiger charge is 2.15. The van der Waals surface area contributed by atoms with Gasteiger partial charge in [0.15, 0.2) is 5.58 Å². The molecule has 0 aliphatic carbocycles. The molecule has 0 aliphatic heterocycles. The SMILES string of the molecule is CCc1nc(C)cc2c1oc1ccc([N+](=O)[O-])cc12. The predicted octanol–water partition coefficient (Wildman–Crippen LogP) is 3.76. The topological polar surface area (TPSA) is 69.2 Å². The fraction of sp³-hybridized carbons (Fsp3) is 0.214. The predicted molar refractivity (Wildman–Crippen MR) is 72.3 cm³/mol. The molecule has 0 amide bonds. The summed E-state index contributed by atoms with van der Waals surface area (Å²) in [4.78, 5) is 14.9. The Morgan fingerprint density at radius 1 is 1.32 bits per heavy atom. The van der Waals surface area contributed by atoms with Crippen molar-refractivity contribution >= 4 is 27.6 Å². The molecule has 0 saturated heterocycles. The van der Waals surface area contributed by atoms with Crippen LogP contribution in [0.1, 0.15) is 18.3 Å². The standard InChI is InChI=1S/C14H12N2O3/c1-3-12-14-11(6-8(2)15-12)10-7-9(16(17)18)4-5-13(10)19-14/h4-7H,3H2,1-2H3. The first kappa shape index (κ1) is 11.6. The minimum Gasteiger partial charge on any atom is -0.454 e. The monoisotopic (exact) mass is 256 g/mol. The molecule has 2 heterocycles. The summed E-state index contributed by atoms with van der Waals surface area (Å²) in [6, 6.07) is 6.56. The minimum atomic E-state index is -0.396. The highest BCUT2D eigenvalue weighted by Crippen LogP contribution is 2.33. The van der Waals surface area contributed by atoms with Gasteiger partial charge in [-0.05, 0) is 25.5 Å². The number of rotatable bonds is 2. The van der Waals surface area contributed by atoms with Crippen molar-refractivity contribution in [3.8, 4) is 0 Å². The minimum absolute atomic E-state index is 0.0720. The Morgan fingerprint density at radius 3 is 2.79 bits per heavy atom. The summed E-state index contributed by atoms with van der Waals surface area (Å²) in [6.07, 6.45) is 0.764. The fourth-order valence-electron chi connectivity index (χ4n) is 2.32. The number of benzene rings is 1. The third-order valence-corrected chi connectivity index (χ3v) is 3.18. The normalized spacial score (nSPS) is 11.3. The molecular formula is C14H12N2O3. The molecule has 0 saturated carbocycles. The van der Waals surface area contributed by atoms with E-state index in [4.69, 9.17) is 4.42 Å². The van der Waals surface area contributed by atoms with Gasteiger partial charge in [0.2, 0.25) is 0 Å². The van der Waals surface area contributed by atoms with Crippen LogP contribution in [0.25, 0.3) is 21.9 Å². The van der Waals surface area contributed by atoms with Gasteiger partial charge in [0.05, 0.1) is 10.6 Å². The summed E-state index contributed by atoms with van der Waals surface area (Å²) in [7, 11) is 0. The van der Waals surface area contributed by atoms with Crippen molar-refractivity contribution in [3.05, 3.63) is 45.8 Å². The van der Waals surface area contributed by atoms with Gasteiger partial charge >= 0.3 is 0 Å². The second-order valence-corrected chi connectivity index (χ2v) is 4.48. The quantitative estimate of drug-likeness (QED) is 0.517. The number of pyridine rings is 1. The maximum Gasteiger partial charge on any atom is 0.270 e. The summed E-state index contributed by atoms with van der Waals surface area (Å²) < 4.78 is 5.78. The molecule has 0 radical (unpaired) electrons. The van der Waals surface area contributed by atoms with E-state index in [2.05, 4.69) is 4.98 Å². The summed E-state index contributed by atoms with van der Waals surface area (Å²) in [5, 5.41) is 12.5. The molecule has 0 bridgehead atoms. The Kier molecular flexibility index (Phi) is 2.48. The van der Waals surface area contributed by atoms with Gasteiger partial charge < -0.3 is 4.42 Å². The van der Waals surface area contributed by atoms with E-state index in [1.54, 1.807) is 12.1 Å². The van der Waals surface area contributed by atoms with Gasteiger partial charge in [-0.2, -0.15) is 0 Å². The zero-order chi connectivity index (χ0) is 13.6. The molecule has 1 aromatic carbocycles. The van der Waals surface area contributed by atoms with Crippen LogP contribution in [-0.4, -0.2) is 9.91 Å². The lowest BCUT2D eigenvalue weighted by molar-refractivity contribution is -0.384. The van der Waals surface area contributed by atoms with Gasteiger partial charge in [-0.1, -0.05) is 6.92 Å². The highest BCUT2D eigenvalue weighted by atomic mass is 16.6. The van der Waals surface area contributed by atoms with Crippen LogP contribution in [0.2, 0.25) is 0 Å². The van der Waals surface area contributed by atoms with Crippen LogP contribution in [0.5, 0.6) is 0 Å². The van der Waals surface area contributed by atoms with Crippen LogP contribution in [0.15, 0.2) is 28.7 Å². The van der Waals surface area contributed by atoms with Gasteiger partial charge in [0.1, 0.15) is 5.58 Å². The number of hydrogen-bond acceptors (Lipinski definition) is 4. The van der Waals surface area contributed by atoms with Crippen LogP contribution in [0.4, 0.5) is 5.69 Å². The molecule has 3 rings (SSSR count). The van der Waals surface area contributed by atoms with Crippen molar-refractivity contribution in [2.24, 2.45) is 0 Å². The van der Waals surface area contributed by atoms with Crippen LogP contribution in [0.3, 0.4) is 0 Å². The number of nitro groups is 1. The molecule has 5 heteroatoms. The number of nitro benzene ring substituents is 1. The van der Waals surface area contributed by atoms with E-state index in [-0.39, 0.29) is 5.69 Å². The average Bonchev–Trinajstić information content (AvgIpc) is 2.75. The first-order valence-electron chi connectivity index (χ1n) is 6.07. The molecule has 5 nitrogen and oxygen atoms in total. The molecule has 0 spiro atoms. The molecule has 19 heavy (non-hydrogen) atoms. The molecule has 3 aromatic rings. The third kappa shape index (κ3) is 1.74. The fourth-order valence-corrected chi connectivity index (χ4v) is 2.32. The molecule has 96 valence electrons. The third-order valence-electron chi connectivity index (χ3n) is 3.18. The number of non-ortho nitro benzene ring substituents is 1. The Hall–Kier alpha value is -2.43. The second kappa shape index (κ2) is 4.05. The zero-order valence-electron chi connectivity index (χ0n) is 10.6. The van der Waals surface area contributed by atoms with Crippen molar-refractivity contribution in [2.45, 2.75) is 20.3 Å². The Bertz CT molecular complexity index is 805. The maximum absolute atomic E-state index is 10.9. The summed E-state index contributed by atoms with van der Waals surface area (Å²) in [5.74, 6) is 0. The van der Waals surface area contributed by atoms with Gasteiger partial charge in [0, 0.05) is 28.6 Å². The summed E-state index contributed by atoms with van der Waals surface area (Å²) in [5.41, 5.74) is 3.22. The number of aryl methyl sites for hydroxylation is 2. The molecule has 0 aliphatic rings. The number of fused-ring (bicyclic) bond motifs is 3. The van der Waals surface area contributed by atoms with Crippen molar-refractivity contribution in [1.29, 1.82) is 0 Å². The Labute approximate surface area is 109 Å². The van der Waals surface area contributed by atoms with E-state index in [0.717, 1.165) is 34.2 Å². The smallest absolute Gasteiger partial charge is 0.270 e. The van der Waals surface area contributed by atoms with Gasteiger partial charge in [-0.25, -0.2) is 0 Å². The van der Waals surface area contributed by atoms with Crippen LogP contribution >= 0.6 is 0 Å². The first-order valence-corrected chi connectivity index (χ1v) is 6.07. The zero-order valence-corrected chi connectivity index (χ0v) is 10.6. The van der Waals surface area contributed by atoms with Crippen LogP contribution < -0.4 is 0 Å². The first-order chi connectivity index (χ1) is 9.10. The van der Waals surface area contributed by atoms with E-state index >= 15 is 0 Å². The summed E-state index contributed by atoms with van der Waals surface area (Å²) in [6.45, 7) is 3.92. The average molecular weight is 256 g/mol. The lowest BCUT2D eigenvalue weighted by atomic mass is 10.1. The van der Waals surface area contributed by atoms with Crippen LogP contribution in [-0.2, 0) is 6.42 Å². The molecule has 0 N–H and O–H groups in total. The molecular weight excluding hydrogens is 244 g/mol. The van der Waals surface area contributed by atoms with E-state index in [0.29, 0.717) is 5.58 Å². The van der Waals surface area contributed by atoms with E-state index in [1.165, 1.54) is 6.07 Å². The summed E-state index contributed by atoms with van der Waals surface area (Å²) >= 11 is 0. The largest absolute Gasteiger partial charge is 0.454 e. The molecule has 0 fully saturated rings. The highest BCUT2D eigenvalue weighted by molar-refractivity contribution is 6.06. The van der Waals surface area contributed by atoms with Gasteiger partial charge in [-0.15, -0.1) is 0 Å². The Balaban J connectivity index is 2.44. The number of aromatic nitrogens is 1. The van der Waals surface area contributed by atoms with Gasteiger partial charge in [-0.3, -0.25) is 15.1 Å². The van der Waals surface area contributed by atoms with Crippen molar-refractivity contribution < 1.29 is 9.34 Å². The molecule has 0 unspecified atom stereocenters. The lowest BCUT2D eigenvalue weighted by Crippen LogP contribution is -1.90. The Morgan fingerprint density at radius 2 is 2.11 bits per heavy atom. The van der Waals surface area contributed by atoms with E-state index in [1.807, 2.05) is 19.9 Å².